The van der Waals surface area contributed by atoms with Crippen molar-refractivity contribution in [3.05, 3.63) is 176 Å². The van der Waals surface area contributed by atoms with Gasteiger partial charge in [-0.2, -0.15) is 9.97 Å². The van der Waals surface area contributed by atoms with Gasteiger partial charge in [-0.1, -0.05) is 146 Å². The van der Waals surface area contributed by atoms with E-state index >= 15 is 0 Å². The van der Waals surface area contributed by atoms with Crippen LogP contribution < -0.4 is 0 Å². The van der Waals surface area contributed by atoms with Crippen molar-refractivity contribution in [2.75, 3.05) is 0 Å². The Kier molecular flexibility index (Phi) is 6.26. The van der Waals surface area contributed by atoms with E-state index in [0.29, 0.717) is 17.6 Å². The molecule has 13 aromatic rings. The van der Waals surface area contributed by atoms with E-state index in [4.69, 9.17) is 15.0 Å². The molecule has 0 saturated carbocycles. The van der Waals surface area contributed by atoms with E-state index in [1.807, 2.05) is 47.7 Å². The van der Waals surface area contributed by atoms with E-state index in [1.54, 1.807) is 0 Å². The second-order valence-electron chi connectivity index (χ2n) is 14.7. The minimum absolute atomic E-state index is 0.584. The van der Waals surface area contributed by atoms with Crippen molar-refractivity contribution >= 4 is 102 Å². The quantitative estimate of drug-likeness (QED) is 0.181. The van der Waals surface area contributed by atoms with Crippen LogP contribution in [0.5, 0.6) is 0 Å². The fourth-order valence-corrected chi connectivity index (χ4v) is 10.5. The molecule has 8 aromatic carbocycles. The monoisotopic (exact) mass is 743 g/mol. The van der Waals surface area contributed by atoms with Crippen molar-refractivity contribution in [1.29, 1.82) is 0 Å². The van der Waals surface area contributed by atoms with Gasteiger partial charge in [-0.15, -0.1) is 11.3 Å². The van der Waals surface area contributed by atoms with Gasteiger partial charge in [-0.3, -0.25) is 4.57 Å². The Morgan fingerprint density at radius 2 is 0.860 bits per heavy atom. The van der Waals surface area contributed by atoms with Crippen LogP contribution in [0.2, 0.25) is 0 Å². The van der Waals surface area contributed by atoms with Gasteiger partial charge < -0.3 is 4.40 Å². The molecule has 0 radical (unpaired) electrons. The van der Waals surface area contributed by atoms with Crippen molar-refractivity contribution in [2.45, 2.75) is 0 Å². The summed E-state index contributed by atoms with van der Waals surface area (Å²) in [7, 11) is 0. The van der Waals surface area contributed by atoms with E-state index in [0.717, 1.165) is 38.4 Å². The van der Waals surface area contributed by atoms with Crippen LogP contribution >= 0.6 is 11.3 Å². The first-order valence-corrected chi connectivity index (χ1v) is 20.0. The number of hydrogen-bond acceptors (Lipinski definition) is 4. The fraction of sp³-hybridized carbons (Fsp3) is 0. The molecule has 0 saturated heterocycles. The van der Waals surface area contributed by atoms with Gasteiger partial charge >= 0.3 is 0 Å². The van der Waals surface area contributed by atoms with Gasteiger partial charge in [-0.25, -0.2) is 4.98 Å². The van der Waals surface area contributed by atoms with Crippen molar-refractivity contribution in [1.82, 2.24) is 23.9 Å². The molecule has 0 aliphatic carbocycles. The Labute approximate surface area is 329 Å². The maximum atomic E-state index is 5.30. The van der Waals surface area contributed by atoms with E-state index in [2.05, 4.69) is 148 Å². The molecule has 6 heteroatoms. The largest absolute Gasteiger partial charge is 0.308 e. The molecule has 5 heterocycles. The van der Waals surface area contributed by atoms with Gasteiger partial charge in [0, 0.05) is 58.2 Å². The number of thiophene rings is 1. The molecule has 0 spiro atoms. The molecule has 0 bridgehead atoms. The zero-order valence-corrected chi connectivity index (χ0v) is 31.2. The predicted octanol–water partition coefficient (Wildman–Crippen LogP) is 13.5. The molecule has 57 heavy (non-hydrogen) atoms. The van der Waals surface area contributed by atoms with E-state index in [9.17, 15) is 0 Å². The lowest BCUT2D eigenvalue weighted by atomic mass is 10.0. The number of benzene rings is 8. The third-order valence-corrected chi connectivity index (χ3v) is 12.8. The number of para-hydroxylation sites is 2. The minimum atomic E-state index is 0.584. The van der Waals surface area contributed by atoms with E-state index in [1.165, 1.54) is 63.5 Å². The molecule has 5 aromatic heterocycles. The molecule has 0 atom stereocenters. The topological polar surface area (TPSA) is 48.0 Å². The molecule has 264 valence electrons. The Hall–Kier alpha value is -7.41. The van der Waals surface area contributed by atoms with E-state index in [-0.39, 0.29) is 0 Å². The van der Waals surface area contributed by atoms with Crippen LogP contribution in [0.4, 0.5) is 0 Å². The zero-order chi connectivity index (χ0) is 37.2. The average Bonchev–Trinajstić information content (AvgIpc) is 3.95. The van der Waals surface area contributed by atoms with Crippen LogP contribution in [0, 0.1) is 0 Å². The van der Waals surface area contributed by atoms with Crippen molar-refractivity contribution in [3.63, 3.8) is 0 Å². The van der Waals surface area contributed by atoms with Gasteiger partial charge in [0.2, 0.25) is 5.95 Å². The molecule has 0 aliphatic rings. The highest BCUT2D eigenvalue weighted by Crippen LogP contribution is 2.46. The molecule has 5 nitrogen and oxygen atoms in total. The molecular weight excluding hydrogens is 715 g/mol. The summed E-state index contributed by atoms with van der Waals surface area (Å²) >= 11 is 1.87. The molecule has 0 amide bonds. The maximum absolute atomic E-state index is 5.30. The number of fused-ring (bicyclic) bond motifs is 11. The summed E-state index contributed by atoms with van der Waals surface area (Å²) in [6.07, 6.45) is 0. The third-order valence-electron chi connectivity index (χ3n) is 11.7. The lowest BCUT2D eigenvalue weighted by Crippen LogP contribution is -2.06. The smallest absolute Gasteiger partial charge is 0.238 e. The van der Waals surface area contributed by atoms with Gasteiger partial charge in [-0.05, 0) is 46.5 Å². The highest BCUT2D eigenvalue weighted by atomic mass is 32.1. The van der Waals surface area contributed by atoms with Gasteiger partial charge in [0.1, 0.15) is 0 Å². The summed E-state index contributed by atoms with van der Waals surface area (Å²) in [5.41, 5.74) is 7.51. The number of hydrogen-bond donors (Lipinski definition) is 0. The first-order valence-electron chi connectivity index (χ1n) is 19.2. The standard InChI is InChI=1S/C51H29N5S/c1-3-14-30(15-4-1)49-52-50(31-16-5-2-6-17-31)54-51(53-49)56-39-24-10-9-20-34(39)37-28-29-41-44(48(37)56)38-23-11-22-36-33-19-8-7-18-32(33)35-21-12-26-42-45(35)46-40(55(41)47(36)38)25-13-27-43(46)57-42/h1-29H. The van der Waals surface area contributed by atoms with Crippen molar-refractivity contribution in [3.8, 4) is 28.7 Å². The van der Waals surface area contributed by atoms with Crippen LogP contribution in [0.1, 0.15) is 0 Å². The Bertz CT molecular complexity index is 3750. The summed E-state index contributed by atoms with van der Waals surface area (Å²) < 4.78 is 7.39. The van der Waals surface area contributed by atoms with Crippen LogP contribution in [-0.4, -0.2) is 23.9 Å². The lowest BCUT2D eigenvalue weighted by Gasteiger charge is -2.11. The Morgan fingerprint density at radius 1 is 0.333 bits per heavy atom. The van der Waals surface area contributed by atoms with Crippen molar-refractivity contribution < 1.29 is 0 Å². The van der Waals surface area contributed by atoms with Crippen molar-refractivity contribution in [2.24, 2.45) is 0 Å². The Balaban J connectivity index is 1.29. The highest BCUT2D eigenvalue weighted by Gasteiger charge is 2.24. The fourth-order valence-electron chi connectivity index (χ4n) is 9.39. The molecule has 13 rings (SSSR count). The summed E-state index contributed by atoms with van der Waals surface area (Å²) in [5.74, 6) is 1.85. The Morgan fingerprint density at radius 3 is 1.61 bits per heavy atom. The van der Waals surface area contributed by atoms with Gasteiger partial charge in [0.15, 0.2) is 11.6 Å². The average molecular weight is 744 g/mol. The summed E-state index contributed by atoms with van der Waals surface area (Å²) in [5, 5.41) is 12.2. The highest BCUT2D eigenvalue weighted by molar-refractivity contribution is 7.26. The van der Waals surface area contributed by atoms with Crippen LogP contribution in [0.25, 0.3) is 120 Å². The minimum Gasteiger partial charge on any atom is -0.308 e. The third kappa shape index (κ3) is 4.25. The van der Waals surface area contributed by atoms with E-state index < -0.39 is 0 Å². The summed E-state index contributed by atoms with van der Waals surface area (Å²) in [6, 6.07) is 63.0. The molecule has 0 aliphatic heterocycles. The maximum Gasteiger partial charge on any atom is 0.238 e. The summed E-state index contributed by atoms with van der Waals surface area (Å²) in [6.45, 7) is 0. The molecular formula is C51H29N5S. The lowest BCUT2D eigenvalue weighted by molar-refractivity contribution is 0.955. The zero-order valence-electron chi connectivity index (χ0n) is 30.4. The van der Waals surface area contributed by atoms with Crippen LogP contribution in [0.15, 0.2) is 176 Å². The number of rotatable bonds is 3. The molecule has 0 unspecified atom stereocenters. The second kappa shape index (κ2) is 11.6. The molecule has 0 fully saturated rings. The molecule has 0 N–H and O–H groups in total. The normalized spacial score (nSPS) is 12.2. The van der Waals surface area contributed by atoms with Crippen LogP contribution in [-0.2, 0) is 0 Å². The van der Waals surface area contributed by atoms with Gasteiger partial charge in [0.05, 0.1) is 27.6 Å². The first kappa shape index (κ1) is 30.9. The van der Waals surface area contributed by atoms with Crippen LogP contribution in [0.3, 0.4) is 0 Å². The first-order chi connectivity index (χ1) is 28.3. The van der Waals surface area contributed by atoms with Gasteiger partial charge in [0.25, 0.3) is 0 Å². The predicted molar refractivity (Wildman–Crippen MR) is 239 cm³/mol. The number of nitrogens with zero attached hydrogens (tertiary/aromatic N) is 5. The second-order valence-corrected chi connectivity index (χ2v) is 15.8. The summed E-state index contributed by atoms with van der Waals surface area (Å²) in [4.78, 5) is 15.7. The SMILES string of the molecule is c1ccc(-c2nc(-c3ccccc3)nc(-n3c4ccccc4c4ccc5c(c6cccc7c8ccccc8c8cccc9sc%10cccc(c%10c98)n5c76)c43)n2)cc1. The number of aromatic nitrogens is 5.